The molecule has 1 aromatic carbocycles. The van der Waals surface area contributed by atoms with Crippen molar-refractivity contribution in [1.82, 2.24) is 5.32 Å². The summed E-state index contributed by atoms with van der Waals surface area (Å²) >= 11 is 8.97. The molecule has 0 aliphatic heterocycles. The second kappa shape index (κ2) is 6.53. The second-order valence-electron chi connectivity index (χ2n) is 4.20. The van der Waals surface area contributed by atoms with Crippen LogP contribution in [-0.4, -0.2) is 17.3 Å². The normalized spacial score (nSPS) is 11.4. The van der Waals surface area contributed by atoms with Crippen LogP contribution in [0.5, 0.6) is 0 Å². The van der Waals surface area contributed by atoms with Gasteiger partial charge in [0.25, 0.3) is 5.91 Å². The average Bonchev–Trinajstić information content (AvgIpc) is 2.39. The van der Waals surface area contributed by atoms with E-state index in [1.165, 1.54) is 12.1 Å². The van der Waals surface area contributed by atoms with Gasteiger partial charge in [0, 0.05) is 11.4 Å². The van der Waals surface area contributed by atoms with Crippen LogP contribution in [0.4, 0.5) is 4.39 Å². The molecule has 0 heterocycles. The maximum atomic E-state index is 13.4. The van der Waals surface area contributed by atoms with E-state index in [4.69, 9.17) is 11.6 Å². The maximum absolute atomic E-state index is 13.4. The van der Waals surface area contributed by atoms with Crippen molar-refractivity contribution in [2.75, 3.05) is 5.88 Å². The number of nitrogens with one attached hydrogen (secondary N) is 1. The average molecular weight is 337 g/mol. The van der Waals surface area contributed by atoms with Crippen LogP contribution in [0.15, 0.2) is 22.7 Å². The van der Waals surface area contributed by atoms with Gasteiger partial charge in [-0.2, -0.15) is 0 Å². The number of amides is 1. The molecule has 1 amide bonds. The predicted molar refractivity (Wildman–Crippen MR) is 75.6 cm³/mol. The van der Waals surface area contributed by atoms with Crippen LogP contribution < -0.4 is 5.32 Å². The molecule has 0 aromatic heterocycles. The van der Waals surface area contributed by atoms with Crippen molar-refractivity contribution in [2.24, 2.45) is 0 Å². The van der Waals surface area contributed by atoms with Crippen LogP contribution >= 0.6 is 27.5 Å². The van der Waals surface area contributed by atoms with E-state index in [1.807, 2.05) is 13.8 Å². The van der Waals surface area contributed by atoms with Crippen molar-refractivity contribution < 1.29 is 9.18 Å². The number of benzene rings is 1. The first-order valence-corrected chi connectivity index (χ1v) is 7.14. The molecule has 0 saturated carbocycles. The van der Waals surface area contributed by atoms with Gasteiger partial charge in [0.15, 0.2) is 0 Å². The van der Waals surface area contributed by atoms with Crippen molar-refractivity contribution >= 4 is 33.4 Å². The smallest absolute Gasteiger partial charge is 0.251 e. The monoisotopic (exact) mass is 335 g/mol. The van der Waals surface area contributed by atoms with E-state index in [0.717, 1.165) is 12.8 Å². The van der Waals surface area contributed by atoms with Crippen molar-refractivity contribution in [3.63, 3.8) is 0 Å². The summed E-state index contributed by atoms with van der Waals surface area (Å²) in [7, 11) is 0. The highest BCUT2D eigenvalue weighted by molar-refractivity contribution is 9.10. The van der Waals surface area contributed by atoms with Crippen LogP contribution in [-0.2, 0) is 0 Å². The summed E-state index contributed by atoms with van der Waals surface area (Å²) < 4.78 is 13.7. The highest BCUT2D eigenvalue weighted by atomic mass is 79.9. The van der Waals surface area contributed by atoms with Gasteiger partial charge in [-0.1, -0.05) is 13.8 Å². The Morgan fingerprint density at radius 3 is 2.50 bits per heavy atom. The number of halogens is 3. The van der Waals surface area contributed by atoms with Crippen LogP contribution in [0.25, 0.3) is 0 Å². The van der Waals surface area contributed by atoms with Crippen LogP contribution in [0.3, 0.4) is 0 Å². The minimum absolute atomic E-state index is 0.298. The quantitative estimate of drug-likeness (QED) is 0.805. The van der Waals surface area contributed by atoms with E-state index in [1.54, 1.807) is 6.07 Å². The van der Waals surface area contributed by atoms with Crippen LogP contribution in [0, 0.1) is 5.82 Å². The number of carbonyl (C=O) groups is 1. The number of hydrogen-bond acceptors (Lipinski definition) is 1. The summed E-state index contributed by atoms with van der Waals surface area (Å²) in [6.07, 6.45) is 1.47. The molecule has 1 N–H and O–H groups in total. The minimum atomic E-state index is -0.452. The molecule has 0 aliphatic carbocycles. The fourth-order valence-electron chi connectivity index (χ4n) is 1.60. The molecule has 0 spiro atoms. The summed E-state index contributed by atoms with van der Waals surface area (Å²) in [6.45, 7) is 3.93. The third-order valence-corrected chi connectivity index (χ3v) is 4.32. The molecule has 0 atom stereocenters. The molecular formula is C13H16BrClFNO. The Kier molecular flexibility index (Phi) is 5.60. The Morgan fingerprint density at radius 2 is 2.06 bits per heavy atom. The molecule has 0 aliphatic rings. The Bertz CT molecular complexity index is 427. The Morgan fingerprint density at radius 1 is 1.44 bits per heavy atom. The Hall–Kier alpha value is -0.610. The summed E-state index contributed by atoms with van der Waals surface area (Å²) in [5.41, 5.74) is -0.130. The molecule has 0 bridgehead atoms. The molecule has 0 saturated heterocycles. The predicted octanol–water partition coefficient (Wildman–Crippen LogP) is 4.12. The zero-order valence-corrected chi connectivity index (χ0v) is 12.7. The third kappa shape index (κ3) is 3.45. The summed E-state index contributed by atoms with van der Waals surface area (Å²) in [5.74, 6) is -0.414. The standard InChI is InChI=1S/C13H16BrClFNO/c1-3-13(4-2,8-15)17-12(18)9-5-6-10(14)11(16)7-9/h5-7H,3-4,8H2,1-2H3,(H,17,18). The van der Waals surface area contributed by atoms with Crippen LogP contribution in [0.2, 0.25) is 0 Å². The van der Waals surface area contributed by atoms with Crippen molar-refractivity contribution in [3.05, 3.63) is 34.1 Å². The van der Waals surface area contributed by atoms with Gasteiger partial charge in [0.05, 0.1) is 10.0 Å². The van der Waals surface area contributed by atoms with Gasteiger partial charge in [-0.15, -0.1) is 11.6 Å². The van der Waals surface area contributed by atoms with Crippen molar-refractivity contribution in [1.29, 1.82) is 0 Å². The molecule has 18 heavy (non-hydrogen) atoms. The van der Waals surface area contributed by atoms with Crippen molar-refractivity contribution in [3.8, 4) is 0 Å². The first kappa shape index (κ1) is 15.4. The van der Waals surface area contributed by atoms with Gasteiger partial charge in [-0.05, 0) is 47.0 Å². The van der Waals surface area contributed by atoms with E-state index < -0.39 is 11.4 Å². The number of hydrogen-bond donors (Lipinski definition) is 1. The van der Waals surface area contributed by atoms with E-state index in [2.05, 4.69) is 21.2 Å². The largest absolute Gasteiger partial charge is 0.345 e. The lowest BCUT2D eigenvalue weighted by molar-refractivity contribution is 0.0902. The van der Waals surface area contributed by atoms with Crippen molar-refractivity contribution in [2.45, 2.75) is 32.2 Å². The molecule has 1 rings (SSSR count). The van der Waals surface area contributed by atoms with E-state index in [-0.39, 0.29) is 5.91 Å². The number of carbonyl (C=O) groups excluding carboxylic acids is 1. The molecule has 0 fully saturated rings. The molecule has 5 heteroatoms. The summed E-state index contributed by atoms with van der Waals surface area (Å²) in [4.78, 5) is 12.0. The van der Waals surface area contributed by atoms with E-state index in [0.29, 0.717) is 15.9 Å². The Labute approximate surface area is 120 Å². The van der Waals surface area contributed by atoms with E-state index in [9.17, 15) is 9.18 Å². The zero-order valence-electron chi connectivity index (χ0n) is 10.4. The molecule has 1 aromatic rings. The van der Waals surface area contributed by atoms with Gasteiger partial charge in [-0.25, -0.2) is 4.39 Å². The molecular weight excluding hydrogens is 321 g/mol. The van der Waals surface area contributed by atoms with Gasteiger partial charge in [-0.3, -0.25) is 4.79 Å². The maximum Gasteiger partial charge on any atom is 0.251 e. The molecule has 0 unspecified atom stereocenters. The van der Waals surface area contributed by atoms with Crippen LogP contribution in [0.1, 0.15) is 37.0 Å². The van der Waals surface area contributed by atoms with E-state index >= 15 is 0 Å². The van der Waals surface area contributed by atoms with Gasteiger partial charge < -0.3 is 5.32 Å². The molecule has 2 nitrogen and oxygen atoms in total. The number of rotatable bonds is 5. The SMILES string of the molecule is CCC(CC)(CCl)NC(=O)c1ccc(Br)c(F)c1. The lowest BCUT2D eigenvalue weighted by Crippen LogP contribution is -2.49. The Balaban J connectivity index is 2.90. The van der Waals surface area contributed by atoms with Gasteiger partial charge >= 0.3 is 0 Å². The fraction of sp³-hybridized carbons (Fsp3) is 0.462. The first-order valence-electron chi connectivity index (χ1n) is 5.81. The first-order chi connectivity index (χ1) is 8.48. The zero-order chi connectivity index (χ0) is 13.8. The fourth-order valence-corrected chi connectivity index (χ4v) is 2.29. The van der Waals surface area contributed by atoms with Gasteiger partial charge in [0.1, 0.15) is 5.82 Å². The summed E-state index contributed by atoms with van der Waals surface area (Å²) in [5, 5.41) is 2.89. The minimum Gasteiger partial charge on any atom is -0.345 e. The molecule has 0 radical (unpaired) electrons. The number of alkyl halides is 1. The lowest BCUT2D eigenvalue weighted by Gasteiger charge is -2.30. The molecule has 100 valence electrons. The highest BCUT2D eigenvalue weighted by Crippen LogP contribution is 2.20. The topological polar surface area (TPSA) is 29.1 Å². The highest BCUT2D eigenvalue weighted by Gasteiger charge is 2.27. The third-order valence-electron chi connectivity index (χ3n) is 3.17. The lowest BCUT2D eigenvalue weighted by atomic mass is 9.94. The summed E-state index contributed by atoms with van der Waals surface area (Å²) in [6, 6.07) is 4.31. The second-order valence-corrected chi connectivity index (χ2v) is 5.33. The van der Waals surface area contributed by atoms with Gasteiger partial charge in [0.2, 0.25) is 0 Å².